The van der Waals surface area contributed by atoms with Gasteiger partial charge < -0.3 is 5.32 Å². The summed E-state index contributed by atoms with van der Waals surface area (Å²) in [5.41, 5.74) is 0.198. The number of sulfonamides is 1. The van der Waals surface area contributed by atoms with Crippen LogP contribution in [0.25, 0.3) is 0 Å². The fraction of sp³-hybridized carbons (Fsp3) is 0.133. The smallest absolute Gasteiger partial charge is 0.244 e. The van der Waals surface area contributed by atoms with E-state index < -0.39 is 38.5 Å². The molecular weight excluding hydrogens is 362 g/mol. The molecule has 2 aromatic carbocycles. The molecule has 0 bridgehead atoms. The molecule has 0 heterocycles. The number of anilines is 1. The molecular formula is C15H13ClF2N2O3S. The second-order valence-electron chi connectivity index (χ2n) is 4.89. The summed E-state index contributed by atoms with van der Waals surface area (Å²) < 4.78 is 53.0. The van der Waals surface area contributed by atoms with Crippen LogP contribution < -0.4 is 10.0 Å². The lowest BCUT2D eigenvalue weighted by Crippen LogP contribution is -2.41. The minimum atomic E-state index is -4.21. The molecule has 0 saturated heterocycles. The van der Waals surface area contributed by atoms with Crippen molar-refractivity contribution in [2.45, 2.75) is 17.9 Å². The predicted molar refractivity (Wildman–Crippen MR) is 86.2 cm³/mol. The summed E-state index contributed by atoms with van der Waals surface area (Å²) in [6.07, 6.45) is 0. The molecule has 0 radical (unpaired) electrons. The molecule has 1 unspecified atom stereocenters. The Hall–Kier alpha value is -2.03. The summed E-state index contributed by atoms with van der Waals surface area (Å²) in [4.78, 5) is 11.5. The Morgan fingerprint density at radius 1 is 1.12 bits per heavy atom. The lowest BCUT2D eigenvalue weighted by Gasteiger charge is -2.15. The standard InChI is InChI=1S/C15H13ClF2N2O3S/c1-9(15(21)19-10-6-7-12(17)11(16)8-10)20-24(22,23)14-5-3-2-4-13(14)18/h2-9,20H,1H3,(H,19,21). The average molecular weight is 375 g/mol. The fourth-order valence-electron chi connectivity index (χ4n) is 1.84. The van der Waals surface area contributed by atoms with Crippen LogP contribution >= 0.6 is 11.6 Å². The highest BCUT2D eigenvalue weighted by molar-refractivity contribution is 7.89. The van der Waals surface area contributed by atoms with Crippen LogP contribution in [0.15, 0.2) is 47.4 Å². The number of benzene rings is 2. The van der Waals surface area contributed by atoms with E-state index in [0.717, 1.165) is 18.2 Å². The van der Waals surface area contributed by atoms with Gasteiger partial charge in [-0.3, -0.25) is 4.79 Å². The highest BCUT2D eigenvalue weighted by Crippen LogP contribution is 2.19. The van der Waals surface area contributed by atoms with Gasteiger partial charge in [0.2, 0.25) is 15.9 Å². The van der Waals surface area contributed by atoms with Gasteiger partial charge in [-0.2, -0.15) is 4.72 Å². The molecule has 1 atom stereocenters. The van der Waals surface area contributed by atoms with Crippen LogP contribution in [0.5, 0.6) is 0 Å². The van der Waals surface area contributed by atoms with Crippen LogP contribution in [-0.2, 0) is 14.8 Å². The van der Waals surface area contributed by atoms with Crippen molar-refractivity contribution in [2.24, 2.45) is 0 Å². The molecule has 0 aromatic heterocycles. The minimum absolute atomic E-state index is 0.188. The zero-order valence-corrected chi connectivity index (χ0v) is 14.0. The van der Waals surface area contributed by atoms with Crippen LogP contribution in [-0.4, -0.2) is 20.4 Å². The molecule has 2 rings (SSSR count). The maximum atomic E-state index is 13.6. The summed E-state index contributed by atoms with van der Waals surface area (Å²) in [5.74, 6) is -2.29. The predicted octanol–water partition coefficient (Wildman–Crippen LogP) is 2.92. The number of carbonyl (C=O) groups excluding carboxylic acids is 1. The third kappa shape index (κ3) is 4.28. The van der Waals surface area contributed by atoms with Gasteiger partial charge in [0.15, 0.2) is 0 Å². The molecule has 0 fully saturated rings. The Morgan fingerprint density at radius 3 is 2.42 bits per heavy atom. The lowest BCUT2D eigenvalue weighted by atomic mass is 10.3. The first-order valence-electron chi connectivity index (χ1n) is 6.73. The second-order valence-corrected chi connectivity index (χ2v) is 6.98. The number of amides is 1. The summed E-state index contributed by atoms with van der Waals surface area (Å²) in [6, 6.07) is 7.13. The van der Waals surface area contributed by atoms with Crippen molar-refractivity contribution >= 4 is 33.2 Å². The molecule has 0 aliphatic heterocycles. The average Bonchev–Trinajstić information content (AvgIpc) is 2.50. The topological polar surface area (TPSA) is 75.3 Å². The molecule has 24 heavy (non-hydrogen) atoms. The SMILES string of the molecule is CC(NS(=O)(=O)c1ccccc1F)C(=O)Nc1ccc(F)c(Cl)c1. The minimum Gasteiger partial charge on any atom is -0.325 e. The van der Waals surface area contributed by atoms with E-state index in [-0.39, 0.29) is 10.7 Å². The number of nitrogens with one attached hydrogen (secondary N) is 2. The maximum absolute atomic E-state index is 13.6. The zero-order chi connectivity index (χ0) is 17.9. The van der Waals surface area contributed by atoms with Crippen LogP contribution in [0, 0.1) is 11.6 Å². The first-order valence-corrected chi connectivity index (χ1v) is 8.59. The van der Waals surface area contributed by atoms with Gasteiger partial charge in [-0.15, -0.1) is 0 Å². The summed E-state index contributed by atoms with van der Waals surface area (Å²) in [5, 5.41) is 2.20. The van der Waals surface area contributed by atoms with Crippen LogP contribution in [0.3, 0.4) is 0 Å². The first kappa shape index (κ1) is 18.3. The quantitative estimate of drug-likeness (QED) is 0.845. The third-order valence-electron chi connectivity index (χ3n) is 3.04. The van der Waals surface area contributed by atoms with E-state index in [1.54, 1.807) is 0 Å². The molecule has 0 aliphatic rings. The molecule has 0 aliphatic carbocycles. The van der Waals surface area contributed by atoms with Crippen molar-refractivity contribution in [3.63, 3.8) is 0 Å². The first-order chi connectivity index (χ1) is 11.2. The van der Waals surface area contributed by atoms with Crippen molar-refractivity contribution < 1.29 is 22.0 Å². The largest absolute Gasteiger partial charge is 0.325 e. The van der Waals surface area contributed by atoms with Gasteiger partial charge in [0.25, 0.3) is 0 Å². The molecule has 2 aromatic rings. The third-order valence-corrected chi connectivity index (χ3v) is 4.90. The number of hydrogen-bond donors (Lipinski definition) is 2. The fourth-order valence-corrected chi connectivity index (χ4v) is 3.30. The Bertz CT molecular complexity index is 875. The summed E-state index contributed by atoms with van der Waals surface area (Å²) in [6.45, 7) is 1.29. The number of hydrogen-bond acceptors (Lipinski definition) is 3. The Morgan fingerprint density at radius 2 is 1.79 bits per heavy atom. The molecule has 5 nitrogen and oxygen atoms in total. The monoisotopic (exact) mass is 374 g/mol. The van der Waals surface area contributed by atoms with E-state index >= 15 is 0 Å². The molecule has 1 amide bonds. The van der Waals surface area contributed by atoms with E-state index in [9.17, 15) is 22.0 Å². The molecule has 0 saturated carbocycles. The molecule has 9 heteroatoms. The van der Waals surface area contributed by atoms with E-state index in [0.29, 0.717) is 0 Å². The molecule has 0 spiro atoms. The van der Waals surface area contributed by atoms with Crippen LogP contribution in [0.1, 0.15) is 6.92 Å². The van der Waals surface area contributed by atoms with Gasteiger partial charge >= 0.3 is 0 Å². The lowest BCUT2D eigenvalue weighted by molar-refractivity contribution is -0.117. The second kappa shape index (κ2) is 7.25. The summed E-state index contributed by atoms with van der Waals surface area (Å²) in [7, 11) is -4.21. The Labute approximate surface area is 142 Å². The number of carbonyl (C=O) groups is 1. The van der Waals surface area contributed by atoms with Gasteiger partial charge in [-0.05, 0) is 37.3 Å². The van der Waals surface area contributed by atoms with E-state index in [2.05, 4.69) is 10.0 Å². The highest BCUT2D eigenvalue weighted by Gasteiger charge is 2.24. The highest BCUT2D eigenvalue weighted by atomic mass is 35.5. The molecule has 2 N–H and O–H groups in total. The molecule has 128 valence electrons. The van der Waals surface area contributed by atoms with Gasteiger partial charge in [0.1, 0.15) is 16.5 Å². The van der Waals surface area contributed by atoms with Crippen molar-refractivity contribution in [2.75, 3.05) is 5.32 Å². The summed E-state index contributed by atoms with van der Waals surface area (Å²) >= 11 is 5.60. The number of halogens is 3. The van der Waals surface area contributed by atoms with Crippen molar-refractivity contribution in [3.05, 3.63) is 59.1 Å². The Balaban J connectivity index is 2.11. The van der Waals surface area contributed by atoms with Crippen molar-refractivity contribution in [3.8, 4) is 0 Å². The van der Waals surface area contributed by atoms with Gasteiger partial charge in [-0.1, -0.05) is 23.7 Å². The van der Waals surface area contributed by atoms with E-state index in [1.807, 2.05) is 0 Å². The maximum Gasteiger partial charge on any atom is 0.244 e. The van der Waals surface area contributed by atoms with E-state index in [4.69, 9.17) is 11.6 Å². The van der Waals surface area contributed by atoms with Gasteiger partial charge in [0, 0.05) is 5.69 Å². The van der Waals surface area contributed by atoms with E-state index in [1.165, 1.54) is 31.2 Å². The van der Waals surface area contributed by atoms with Crippen molar-refractivity contribution in [1.82, 2.24) is 4.72 Å². The van der Waals surface area contributed by atoms with Crippen LogP contribution in [0.4, 0.5) is 14.5 Å². The zero-order valence-electron chi connectivity index (χ0n) is 12.4. The van der Waals surface area contributed by atoms with Gasteiger partial charge in [0.05, 0.1) is 11.1 Å². The normalized spacial score (nSPS) is 12.7. The number of rotatable bonds is 5. The van der Waals surface area contributed by atoms with Crippen molar-refractivity contribution in [1.29, 1.82) is 0 Å². The van der Waals surface area contributed by atoms with Gasteiger partial charge in [-0.25, -0.2) is 17.2 Å². The van der Waals surface area contributed by atoms with Crippen LogP contribution in [0.2, 0.25) is 5.02 Å². The Kier molecular flexibility index (Phi) is 5.53.